The van der Waals surface area contributed by atoms with Gasteiger partial charge in [-0.05, 0) is 20.8 Å². The molecule has 5 nitrogen and oxygen atoms in total. The first-order chi connectivity index (χ1) is 6.75. The predicted octanol–water partition coefficient (Wildman–Crippen LogP) is 0.660. The molecule has 0 aliphatic carbocycles. The zero-order valence-corrected chi connectivity index (χ0v) is 9.36. The van der Waals surface area contributed by atoms with Crippen molar-refractivity contribution in [1.29, 1.82) is 0 Å². The fourth-order valence-corrected chi connectivity index (χ4v) is 1.32. The van der Waals surface area contributed by atoms with Crippen molar-refractivity contribution in [2.75, 3.05) is 7.11 Å². The van der Waals surface area contributed by atoms with Gasteiger partial charge < -0.3 is 9.84 Å². The van der Waals surface area contributed by atoms with Gasteiger partial charge in [-0.2, -0.15) is 0 Å². The normalized spacial score (nSPS) is 16.5. The summed E-state index contributed by atoms with van der Waals surface area (Å²) in [6.45, 7) is 3.96. The fourth-order valence-electron chi connectivity index (χ4n) is 1.32. The van der Waals surface area contributed by atoms with Gasteiger partial charge in [0.15, 0.2) is 5.78 Å². The van der Waals surface area contributed by atoms with Crippen LogP contribution in [-0.4, -0.2) is 35.9 Å². The van der Waals surface area contributed by atoms with Gasteiger partial charge in [0.2, 0.25) is 0 Å². The number of rotatable bonds is 6. The number of carbonyl (C=O) groups is 3. The second kappa shape index (κ2) is 5.02. The molecule has 2 unspecified atom stereocenters. The van der Waals surface area contributed by atoms with Crippen LogP contribution in [0.1, 0.15) is 27.2 Å². The Bertz CT molecular complexity index is 284. The molecule has 0 saturated carbocycles. The van der Waals surface area contributed by atoms with E-state index in [0.717, 1.165) is 0 Å². The number of carboxylic acids is 1. The SMILES string of the molecule is COC(C)C(=O)C(C)(CC(C)=O)C(=O)O. The van der Waals surface area contributed by atoms with Crippen LogP contribution in [0, 0.1) is 5.41 Å². The molecule has 0 aromatic rings. The highest BCUT2D eigenvalue weighted by Gasteiger charge is 2.44. The number of ether oxygens (including phenoxy) is 1. The molecule has 0 amide bonds. The molecule has 86 valence electrons. The number of ketones is 2. The van der Waals surface area contributed by atoms with E-state index in [1.165, 1.54) is 27.9 Å². The minimum Gasteiger partial charge on any atom is -0.480 e. The number of aliphatic carboxylic acids is 1. The van der Waals surface area contributed by atoms with Crippen LogP contribution in [0.25, 0.3) is 0 Å². The van der Waals surface area contributed by atoms with Crippen LogP contribution >= 0.6 is 0 Å². The van der Waals surface area contributed by atoms with Crippen LogP contribution in [-0.2, 0) is 19.1 Å². The van der Waals surface area contributed by atoms with Gasteiger partial charge in [-0.3, -0.25) is 14.4 Å². The number of Topliss-reactive ketones (excluding diaryl/α,β-unsaturated/α-hetero) is 2. The monoisotopic (exact) mass is 216 g/mol. The molecular weight excluding hydrogens is 200 g/mol. The fraction of sp³-hybridized carbons (Fsp3) is 0.700. The second-order valence-electron chi connectivity index (χ2n) is 3.76. The summed E-state index contributed by atoms with van der Waals surface area (Å²) in [4.78, 5) is 33.6. The first kappa shape index (κ1) is 13.8. The second-order valence-corrected chi connectivity index (χ2v) is 3.76. The van der Waals surface area contributed by atoms with E-state index >= 15 is 0 Å². The average molecular weight is 216 g/mol. The molecule has 0 saturated heterocycles. The summed E-state index contributed by atoms with van der Waals surface area (Å²) in [5.41, 5.74) is -1.69. The highest BCUT2D eigenvalue weighted by Crippen LogP contribution is 2.26. The first-order valence-corrected chi connectivity index (χ1v) is 4.55. The average Bonchev–Trinajstić information content (AvgIpc) is 2.13. The number of carbonyl (C=O) groups excluding carboxylic acids is 2. The van der Waals surface area contributed by atoms with Crippen LogP contribution in [0.2, 0.25) is 0 Å². The van der Waals surface area contributed by atoms with E-state index in [2.05, 4.69) is 0 Å². The molecule has 0 rings (SSSR count). The van der Waals surface area contributed by atoms with E-state index in [1.54, 1.807) is 0 Å². The lowest BCUT2D eigenvalue weighted by Gasteiger charge is -2.24. The summed E-state index contributed by atoms with van der Waals surface area (Å²) >= 11 is 0. The quantitative estimate of drug-likeness (QED) is 0.659. The number of methoxy groups -OCH3 is 1. The minimum absolute atomic E-state index is 0.311. The molecule has 15 heavy (non-hydrogen) atoms. The summed E-state index contributed by atoms with van der Waals surface area (Å²) in [5.74, 6) is -2.23. The van der Waals surface area contributed by atoms with Crippen molar-refractivity contribution in [2.45, 2.75) is 33.3 Å². The van der Waals surface area contributed by atoms with Crippen molar-refractivity contribution < 1.29 is 24.2 Å². The summed E-state index contributed by atoms with van der Waals surface area (Å²) in [6, 6.07) is 0. The predicted molar refractivity (Wildman–Crippen MR) is 52.5 cm³/mol. The van der Waals surface area contributed by atoms with Crippen LogP contribution in [0.3, 0.4) is 0 Å². The lowest BCUT2D eigenvalue weighted by atomic mass is 9.79. The Kier molecular flexibility index (Phi) is 4.61. The van der Waals surface area contributed by atoms with Crippen molar-refractivity contribution in [3.8, 4) is 0 Å². The van der Waals surface area contributed by atoms with Crippen LogP contribution < -0.4 is 0 Å². The summed E-state index contributed by atoms with van der Waals surface area (Å²) in [7, 11) is 1.32. The van der Waals surface area contributed by atoms with Crippen molar-refractivity contribution >= 4 is 17.5 Å². The Morgan fingerprint density at radius 3 is 2.13 bits per heavy atom. The lowest BCUT2D eigenvalue weighted by Crippen LogP contribution is -2.43. The van der Waals surface area contributed by atoms with Crippen LogP contribution in [0.15, 0.2) is 0 Å². The molecule has 0 radical (unpaired) electrons. The molecule has 0 fully saturated rings. The topological polar surface area (TPSA) is 80.7 Å². The van der Waals surface area contributed by atoms with Crippen molar-refractivity contribution in [3.63, 3.8) is 0 Å². The zero-order valence-electron chi connectivity index (χ0n) is 9.36. The molecule has 0 spiro atoms. The zero-order chi connectivity index (χ0) is 12.2. The number of hydrogen-bond donors (Lipinski definition) is 1. The van der Waals surface area contributed by atoms with Gasteiger partial charge in [0, 0.05) is 13.5 Å². The maximum atomic E-state index is 11.7. The van der Waals surface area contributed by atoms with Crippen LogP contribution in [0.5, 0.6) is 0 Å². The van der Waals surface area contributed by atoms with Gasteiger partial charge >= 0.3 is 5.97 Å². The Balaban J connectivity index is 5.03. The van der Waals surface area contributed by atoms with Crippen molar-refractivity contribution in [1.82, 2.24) is 0 Å². The largest absolute Gasteiger partial charge is 0.480 e. The molecule has 5 heteroatoms. The smallest absolute Gasteiger partial charge is 0.317 e. The van der Waals surface area contributed by atoms with Gasteiger partial charge in [0.25, 0.3) is 0 Å². The number of carboxylic acid groups (broad SMARTS) is 1. The van der Waals surface area contributed by atoms with Gasteiger partial charge in [0.1, 0.15) is 17.3 Å². The van der Waals surface area contributed by atoms with E-state index in [-0.39, 0.29) is 12.2 Å². The lowest BCUT2D eigenvalue weighted by molar-refractivity contribution is -0.159. The molecule has 0 aliphatic rings. The van der Waals surface area contributed by atoms with E-state index in [4.69, 9.17) is 9.84 Å². The minimum atomic E-state index is -1.69. The first-order valence-electron chi connectivity index (χ1n) is 4.55. The van der Waals surface area contributed by atoms with Gasteiger partial charge in [-0.1, -0.05) is 0 Å². The summed E-state index contributed by atoms with van der Waals surface area (Å²) in [6.07, 6.45) is -1.14. The van der Waals surface area contributed by atoms with Gasteiger partial charge in [-0.15, -0.1) is 0 Å². The Labute approximate surface area is 88.4 Å². The third-order valence-electron chi connectivity index (χ3n) is 2.34. The molecule has 2 atom stereocenters. The number of hydrogen-bond acceptors (Lipinski definition) is 4. The molecular formula is C10H16O5. The Morgan fingerprint density at radius 1 is 1.40 bits per heavy atom. The van der Waals surface area contributed by atoms with Crippen LogP contribution in [0.4, 0.5) is 0 Å². The summed E-state index contributed by atoms with van der Waals surface area (Å²) in [5, 5.41) is 8.97. The molecule has 1 N–H and O–H groups in total. The molecule has 0 aromatic carbocycles. The van der Waals surface area contributed by atoms with E-state index < -0.39 is 23.3 Å². The van der Waals surface area contributed by atoms with E-state index in [9.17, 15) is 14.4 Å². The van der Waals surface area contributed by atoms with E-state index in [1.807, 2.05) is 0 Å². The van der Waals surface area contributed by atoms with Crippen molar-refractivity contribution in [2.24, 2.45) is 5.41 Å². The Hall–Kier alpha value is -1.23. The van der Waals surface area contributed by atoms with E-state index in [0.29, 0.717) is 0 Å². The molecule has 0 aromatic heterocycles. The standard InChI is InChI=1S/C10H16O5/c1-6(11)5-10(3,9(13)14)8(12)7(2)15-4/h7H,5H2,1-4H3,(H,13,14). The summed E-state index contributed by atoms with van der Waals surface area (Å²) < 4.78 is 4.77. The maximum absolute atomic E-state index is 11.7. The Morgan fingerprint density at radius 2 is 1.87 bits per heavy atom. The molecule has 0 heterocycles. The third kappa shape index (κ3) is 3.13. The molecule has 0 bridgehead atoms. The van der Waals surface area contributed by atoms with Crippen molar-refractivity contribution in [3.05, 3.63) is 0 Å². The maximum Gasteiger partial charge on any atom is 0.317 e. The third-order valence-corrected chi connectivity index (χ3v) is 2.34. The van der Waals surface area contributed by atoms with Gasteiger partial charge in [-0.25, -0.2) is 0 Å². The molecule has 0 aliphatic heterocycles. The highest BCUT2D eigenvalue weighted by atomic mass is 16.5. The van der Waals surface area contributed by atoms with Gasteiger partial charge in [0.05, 0.1) is 0 Å². The highest BCUT2D eigenvalue weighted by molar-refractivity contribution is 6.07.